The molecule has 2 rings (SSSR count). The third kappa shape index (κ3) is 2.08. The molecule has 2 aromatic rings. The Morgan fingerprint density at radius 2 is 2.06 bits per heavy atom. The largest absolute Gasteiger partial charge is 0.491 e. The molecule has 86 valence electrons. The first-order chi connectivity index (χ1) is 7.68. The summed E-state index contributed by atoms with van der Waals surface area (Å²) in [4.78, 5) is 0. The first-order valence-corrected chi connectivity index (χ1v) is 5.32. The number of fused-ring (bicyclic) bond motifs is 1. The predicted octanol–water partition coefficient (Wildman–Crippen LogP) is 2.23. The zero-order valence-corrected chi connectivity index (χ0v) is 9.43. The summed E-state index contributed by atoms with van der Waals surface area (Å²) in [6, 6.07) is 3.54. The molecule has 0 aliphatic carbocycles. The molecule has 1 aromatic carbocycles. The van der Waals surface area contributed by atoms with E-state index in [1.54, 1.807) is 12.1 Å². The van der Waals surface area contributed by atoms with Crippen LogP contribution in [0.15, 0.2) is 16.8 Å². The van der Waals surface area contributed by atoms with Crippen LogP contribution in [0.25, 0.3) is 11.0 Å². The van der Waals surface area contributed by atoms with E-state index in [2.05, 4.69) is 28.8 Å². The maximum absolute atomic E-state index is 5.73. The highest BCUT2D eigenvalue weighted by Crippen LogP contribution is 2.27. The molecule has 0 saturated carbocycles. The number of benzene rings is 1. The van der Waals surface area contributed by atoms with Gasteiger partial charge in [-0.2, -0.15) is 0 Å². The average molecular weight is 221 g/mol. The minimum Gasteiger partial charge on any atom is -0.491 e. The molecule has 5 heteroatoms. The number of hydrogen-bond donors (Lipinski definition) is 1. The average Bonchev–Trinajstić information content (AvgIpc) is 2.70. The SMILES string of the molecule is CC(C)CCOc1ccc(N)c2nonc12. The number of nitrogens with zero attached hydrogens (tertiary/aromatic N) is 2. The van der Waals surface area contributed by atoms with Crippen molar-refractivity contribution in [2.75, 3.05) is 12.3 Å². The van der Waals surface area contributed by atoms with Gasteiger partial charge in [0.05, 0.1) is 12.3 Å². The topological polar surface area (TPSA) is 74.2 Å². The van der Waals surface area contributed by atoms with Crippen molar-refractivity contribution >= 4 is 16.7 Å². The van der Waals surface area contributed by atoms with E-state index in [0.29, 0.717) is 35.0 Å². The number of ether oxygens (including phenoxy) is 1. The summed E-state index contributed by atoms with van der Waals surface area (Å²) in [6.45, 7) is 4.96. The van der Waals surface area contributed by atoms with Gasteiger partial charge in [-0.3, -0.25) is 0 Å². The zero-order chi connectivity index (χ0) is 11.5. The molecule has 0 radical (unpaired) electrons. The number of nitrogens with two attached hydrogens (primary N) is 1. The van der Waals surface area contributed by atoms with Crippen LogP contribution in [0.3, 0.4) is 0 Å². The summed E-state index contributed by atoms with van der Waals surface area (Å²) in [7, 11) is 0. The molecule has 0 atom stereocenters. The molecular weight excluding hydrogens is 206 g/mol. The van der Waals surface area contributed by atoms with Gasteiger partial charge in [-0.25, -0.2) is 4.63 Å². The summed E-state index contributed by atoms with van der Waals surface area (Å²) in [6.07, 6.45) is 0.997. The molecule has 2 N–H and O–H groups in total. The molecule has 0 saturated heterocycles. The van der Waals surface area contributed by atoms with Crippen molar-refractivity contribution in [2.45, 2.75) is 20.3 Å². The van der Waals surface area contributed by atoms with E-state index in [4.69, 9.17) is 10.5 Å². The van der Waals surface area contributed by atoms with Gasteiger partial charge < -0.3 is 10.5 Å². The van der Waals surface area contributed by atoms with Crippen LogP contribution in [-0.4, -0.2) is 16.9 Å². The Labute approximate surface area is 93.5 Å². The van der Waals surface area contributed by atoms with Crippen molar-refractivity contribution in [3.8, 4) is 5.75 Å². The number of anilines is 1. The maximum Gasteiger partial charge on any atom is 0.179 e. The van der Waals surface area contributed by atoms with Gasteiger partial charge in [0.25, 0.3) is 0 Å². The fourth-order valence-electron chi connectivity index (χ4n) is 1.38. The van der Waals surface area contributed by atoms with Crippen LogP contribution in [0, 0.1) is 5.92 Å². The molecular formula is C11H15N3O2. The smallest absolute Gasteiger partial charge is 0.179 e. The van der Waals surface area contributed by atoms with Crippen LogP contribution >= 0.6 is 0 Å². The highest BCUT2D eigenvalue weighted by Gasteiger charge is 2.10. The fraction of sp³-hybridized carbons (Fsp3) is 0.455. The summed E-state index contributed by atoms with van der Waals surface area (Å²) in [5, 5.41) is 7.52. The molecule has 5 nitrogen and oxygen atoms in total. The minimum atomic E-state index is 0.549. The van der Waals surface area contributed by atoms with Gasteiger partial charge in [0.2, 0.25) is 0 Å². The lowest BCUT2D eigenvalue weighted by atomic mass is 10.1. The van der Waals surface area contributed by atoms with E-state index in [0.717, 1.165) is 6.42 Å². The third-order valence-corrected chi connectivity index (χ3v) is 2.36. The predicted molar refractivity (Wildman–Crippen MR) is 61.2 cm³/mol. The van der Waals surface area contributed by atoms with Gasteiger partial charge in [0, 0.05) is 0 Å². The van der Waals surface area contributed by atoms with Crippen molar-refractivity contribution in [1.82, 2.24) is 10.3 Å². The van der Waals surface area contributed by atoms with Gasteiger partial charge >= 0.3 is 0 Å². The van der Waals surface area contributed by atoms with Gasteiger partial charge in [-0.05, 0) is 34.8 Å². The monoisotopic (exact) mass is 221 g/mol. The molecule has 16 heavy (non-hydrogen) atoms. The fourth-order valence-corrected chi connectivity index (χ4v) is 1.38. The van der Waals surface area contributed by atoms with Gasteiger partial charge in [-0.1, -0.05) is 13.8 Å². The van der Waals surface area contributed by atoms with Gasteiger partial charge in [-0.15, -0.1) is 0 Å². The van der Waals surface area contributed by atoms with E-state index >= 15 is 0 Å². The van der Waals surface area contributed by atoms with E-state index in [-0.39, 0.29) is 0 Å². The first kappa shape index (κ1) is 10.7. The number of rotatable bonds is 4. The molecule has 0 spiro atoms. The summed E-state index contributed by atoms with van der Waals surface area (Å²) < 4.78 is 10.3. The Kier molecular flexibility index (Phi) is 2.94. The second kappa shape index (κ2) is 4.38. The Hall–Kier alpha value is -1.78. The molecule has 0 amide bonds. The van der Waals surface area contributed by atoms with Crippen LogP contribution < -0.4 is 10.5 Å². The molecule has 0 aliphatic rings. The van der Waals surface area contributed by atoms with Crippen LogP contribution in [0.5, 0.6) is 5.75 Å². The summed E-state index contributed by atoms with van der Waals surface area (Å²) in [5.41, 5.74) is 7.42. The van der Waals surface area contributed by atoms with Crippen molar-refractivity contribution < 1.29 is 9.37 Å². The highest BCUT2D eigenvalue weighted by molar-refractivity contribution is 5.90. The van der Waals surface area contributed by atoms with E-state index in [9.17, 15) is 0 Å². The minimum absolute atomic E-state index is 0.549. The zero-order valence-electron chi connectivity index (χ0n) is 9.43. The van der Waals surface area contributed by atoms with E-state index < -0.39 is 0 Å². The second-order valence-electron chi connectivity index (χ2n) is 4.15. The lowest BCUT2D eigenvalue weighted by Crippen LogP contribution is -2.02. The second-order valence-corrected chi connectivity index (χ2v) is 4.15. The van der Waals surface area contributed by atoms with Gasteiger partial charge in [0.1, 0.15) is 0 Å². The lowest BCUT2D eigenvalue weighted by Gasteiger charge is -2.08. The van der Waals surface area contributed by atoms with E-state index in [1.165, 1.54) is 0 Å². The highest BCUT2D eigenvalue weighted by atomic mass is 16.6. The van der Waals surface area contributed by atoms with E-state index in [1.807, 2.05) is 0 Å². The van der Waals surface area contributed by atoms with Gasteiger partial charge in [0.15, 0.2) is 16.8 Å². The Balaban J connectivity index is 2.18. The molecule has 1 aromatic heterocycles. The first-order valence-electron chi connectivity index (χ1n) is 5.32. The normalized spacial score (nSPS) is 11.2. The van der Waals surface area contributed by atoms with Crippen molar-refractivity contribution in [3.05, 3.63) is 12.1 Å². The van der Waals surface area contributed by atoms with Crippen LogP contribution in [0.2, 0.25) is 0 Å². The van der Waals surface area contributed by atoms with Crippen molar-refractivity contribution in [2.24, 2.45) is 5.92 Å². The molecule has 0 bridgehead atoms. The standard InChI is InChI=1S/C11H15N3O2/c1-7(2)5-6-15-9-4-3-8(12)10-11(9)14-16-13-10/h3-4,7H,5-6,12H2,1-2H3. The van der Waals surface area contributed by atoms with Crippen LogP contribution in [0.1, 0.15) is 20.3 Å². The maximum atomic E-state index is 5.73. The Morgan fingerprint density at radius 3 is 2.81 bits per heavy atom. The number of hydrogen-bond acceptors (Lipinski definition) is 5. The number of nitrogen functional groups attached to an aromatic ring is 1. The Bertz CT molecular complexity index is 479. The van der Waals surface area contributed by atoms with Crippen LogP contribution in [0.4, 0.5) is 5.69 Å². The third-order valence-electron chi connectivity index (χ3n) is 2.36. The quantitative estimate of drug-likeness (QED) is 0.801. The molecule has 0 unspecified atom stereocenters. The number of aromatic nitrogens is 2. The van der Waals surface area contributed by atoms with Crippen LogP contribution in [-0.2, 0) is 0 Å². The van der Waals surface area contributed by atoms with Crippen molar-refractivity contribution in [1.29, 1.82) is 0 Å². The molecule has 1 heterocycles. The summed E-state index contributed by atoms with van der Waals surface area (Å²) >= 11 is 0. The molecule has 0 fully saturated rings. The molecule has 0 aliphatic heterocycles. The lowest BCUT2D eigenvalue weighted by molar-refractivity contribution is 0.287. The Morgan fingerprint density at radius 1 is 1.31 bits per heavy atom. The van der Waals surface area contributed by atoms with Crippen molar-refractivity contribution in [3.63, 3.8) is 0 Å². The summed E-state index contributed by atoms with van der Waals surface area (Å²) in [5.74, 6) is 1.28.